The minimum Gasteiger partial charge on any atom is -0.480 e. The lowest BCUT2D eigenvalue weighted by Gasteiger charge is -2.19. The van der Waals surface area contributed by atoms with Crippen molar-refractivity contribution in [3.05, 3.63) is 35.9 Å². The molecular formula is C13H18N2O3. The van der Waals surface area contributed by atoms with E-state index in [1.807, 2.05) is 30.3 Å². The Morgan fingerprint density at radius 3 is 2.50 bits per heavy atom. The first-order chi connectivity index (χ1) is 8.50. The number of rotatable bonds is 5. The first-order valence-corrected chi connectivity index (χ1v) is 5.79. The molecule has 0 fully saturated rings. The molecule has 1 atom stereocenters. The van der Waals surface area contributed by atoms with Gasteiger partial charge in [0, 0.05) is 13.6 Å². The van der Waals surface area contributed by atoms with E-state index < -0.39 is 12.0 Å². The molecule has 1 aromatic rings. The molecule has 2 N–H and O–H groups in total. The normalized spacial score (nSPS) is 11.7. The Hall–Kier alpha value is -2.04. The van der Waals surface area contributed by atoms with Crippen molar-refractivity contribution in [3.63, 3.8) is 0 Å². The highest BCUT2D eigenvalue weighted by atomic mass is 16.4. The zero-order chi connectivity index (χ0) is 13.5. The molecule has 0 heterocycles. The largest absolute Gasteiger partial charge is 0.480 e. The van der Waals surface area contributed by atoms with E-state index in [-0.39, 0.29) is 6.03 Å². The summed E-state index contributed by atoms with van der Waals surface area (Å²) in [5.41, 5.74) is 1.14. The molecule has 0 spiro atoms. The van der Waals surface area contributed by atoms with Gasteiger partial charge >= 0.3 is 12.0 Å². The van der Waals surface area contributed by atoms with E-state index in [9.17, 15) is 9.59 Å². The summed E-state index contributed by atoms with van der Waals surface area (Å²) in [6.07, 6.45) is 0.742. The van der Waals surface area contributed by atoms with E-state index in [2.05, 4.69) is 5.32 Å². The van der Waals surface area contributed by atoms with Crippen LogP contribution in [0.3, 0.4) is 0 Å². The van der Waals surface area contributed by atoms with Crippen molar-refractivity contribution in [1.29, 1.82) is 0 Å². The smallest absolute Gasteiger partial charge is 0.325 e. The van der Waals surface area contributed by atoms with Gasteiger partial charge in [-0.2, -0.15) is 0 Å². The minimum atomic E-state index is -1.04. The van der Waals surface area contributed by atoms with Gasteiger partial charge in [-0.3, -0.25) is 4.79 Å². The van der Waals surface area contributed by atoms with E-state index in [0.29, 0.717) is 6.54 Å². The third-order valence-corrected chi connectivity index (χ3v) is 2.64. The van der Waals surface area contributed by atoms with Crippen LogP contribution >= 0.6 is 0 Å². The van der Waals surface area contributed by atoms with Gasteiger partial charge in [0.15, 0.2) is 0 Å². The number of amides is 2. The number of likely N-dealkylation sites (N-methyl/N-ethyl adjacent to an activating group) is 1. The summed E-state index contributed by atoms with van der Waals surface area (Å²) in [7, 11) is 1.65. The molecule has 1 rings (SSSR count). The number of hydrogen-bond donors (Lipinski definition) is 2. The molecule has 5 heteroatoms. The van der Waals surface area contributed by atoms with Gasteiger partial charge in [-0.15, -0.1) is 0 Å². The molecule has 1 unspecified atom stereocenters. The van der Waals surface area contributed by atoms with E-state index in [1.54, 1.807) is 7.05 Å². The second-order valence-electron chi connectivity index (χ2n) is 4.17. The Labute approximate surface area is 106 Å². The Balaban J connectivity index is 2.39. The average molecular weight is 250 g/mol. The molecule has 2 amide bonds. The van der Waals surface area contributed by atoms with Crippen molar-refractivity contribution < 1.29 is 14.7 Å². The maximum atomic E-state index is 11.6. The maximum Gasteiger partial charge on any atom is 0.325 e. The molecule has 18 heavy (non-hydrogen) atoms. The number of carbonyl (C=O) groups excluding carboxylic acids is 1. The molecule has 0 aliphatic carbocycles. The zero-order valence-electron chi connectivity index (χ0n) is 10.6. The number of nitrogens with zero attached hydrogens (tertiary/aromatic N) is 1. The van der Waals surface area contributed by atoms with E-state index in [1.165, 1.54) is 11.8 Å². The van der Waals surface area contributed by atoms with Gasteiger partial charge in [0.25, 0.3) is 0 Å². The zero-order valence-corrected chi connectivity index (χ0v) is 10.6. The first kappa shape index (κ1) is 14.0. The van der Waals surface area contributed by atoms with Crippen LogP contribution in [0.15, 0.2) is 30.3 Å². The Bertz CT molecular complexity index is 406. The molecule has 5 nitrogen and oxygen atoms in total. The minimum absolute atomic E-state index is 0.374. The van der Waals surface area contributed by atoms with E-state index >= 15 is 0 Å². The summed E-state index contributed by atoms with van der Waals surface area (Å²) in [4.78, 5) is 23.7. The predicted molar refractivity (Wildman–Crippen MR) is 68.4 cm³/mol. The first-order valence-electron chi connectivity index (χ1n) is 5.79. The fourth-order valence-electron chi connectivity index (χ4n) is 1.40. The van der Waals surface area contributed by atoms with Crippen molar-refractivity contribution in [2.24, 2.45) is 0 Å². The van der Waals surface area contributed by atoms with Crippen LogP contribution in [-0.2, 0) is 11.2 Å². The van der Waals surface area contributed by atoms with Crippen molar-refractivity contribution in [3.8, 4) is 0 Å². The van der Waals surface area contributed by atoms with Gasteiger partial charge in [-0.05, 0) is 18.9 Å². The second kappa shape index (κ2) is 6.64. The van der Waals surface area contributed by atoms with Gasteiger partial charge in [-0.25, -0.2) is 4.79 Å². The summed E-state index contributed by atoms with van der Waals surface area (Å²) < 4.78 is 0. The van der Waals surface area contributed by atoms with Gasteiger partial charge in [0.1, 0.15) is 6.04 Å². The lowest BCUT2D eigenvalue weighted by Crippen LogP contribution is -2.45. The quantitative estimate of drug-likeness (QED) is 0.828. The number of carboxylic acid groups (broad SMARTS) is 1. The Morgan fingerprint density at radius 2 is 1.94 bits per heavy atom. The summed E-state index contributed by atoms with van der Waals surface area (Å²) in [6.45, 7) is 1.98. The van der Waals surface area contributed by atoms with Crippen LogP contribution in [0.5, 0.6) is 0 Å². The lowest BCUT2D eigenvalue weighted by molar-refractivity contribution is -0.138. The van der Waals surface area contributed by atoms with E-state index in [4.69, 9.17) is 5.11 Å². The molecular weight excluding hydrogens is 232 g/mol. The Morgan fingerprint density at radius 1 is 1.33 bits per heavy atom. The number of carbonyl (C=O) groups is 2. The van der Waals surface area contributed by atoms with Crippen LogP contribution in [0.2, 0.25) is 0 Å². The number of aliphatic carboxylic acids is 1. The monoisotopic (exact) mass is 250 g/mol. The molecule has 0 saturated heterocycles. The third kappa shape index (κ3) is 4.45. The molecule has 1 aromatic carbocycles. The fraction of sp³-hybridized carbons (Fsp3) is 0.385. The summed E-state index contributed by atoms with van der Waals surface area (Å²) in [5, 5.41) is 11.1. The molecule has 98 valence electrons. The Kier molecular flexibility index (Phi) is 5.17. The molecule has 0 aliphatic heterocycles. The molecule has 0 saturated carbocycles. The maximum absolute atomic E-state index is 11.6. The fourth-order valence-corrected chi connectivity index (χ4v) is 1.40. The average Bonchev–Trinajstić information content (AvgIpc) is 2.36. The summed E-state index contributed by atoms with van der Waals surface area (Å²) in [5.74, 6) is -1.04. The number of urea groups is 1. The highest BCUT2D eigenvalue weighted by Crippen LogP contribution is 2.00. The van der Waals surface area contributed by atoms with Crippen LogP contribution in [-0.4, -0.2) is 41.6 Å². The summed E-state index contributed by atoms with van der Waals surface area (Å²) >= 11 is 0. The highest BCUT2D eigenvalue weighted by molar-refractivity contribution is 5.82. The number of nitrogens with one attached hydrogen (secondary N) is 1. The lowest BCUT2D eigenvalue weighted by atomic mass is 10.1. The molecule has 0 radical (unpaired) electrons. The molecule has 0 aromatic heterocycles. The van der Waals surface area contributed by atoms with Gasteiger partial charge in [0.05, 0.1) is 0 Å². The van der Waals surface area contributed by atoms with E-state index in [0.717, 1.165) is 12.0 Å². The van der Waals surface area contributed by atoms with Gasteiger partial charge < -0.3 is 15.3 Å². The second-order valence-corrected chi connectivity index (χ2v) is 4.17. The van der Waals surface area contributed by atoms with Crippen molar-refractivity contribution in [1.82, 2.24) is 10.2 Å². The molecule has 0 aliphatic rings. The van der Waals surface area contributed by atoms with Crippen LogP contribution < -0.4 is 5.32 Å². The van der Waals surface area contributed by atoms with Crippen LogP contribution in [0.25, 0.3) is 0 Å². The standard InChI is InChI=1S/C13H18N2O3/c1-10(12(16)17)14-13(18)15(2)9-8-11-6-4-3-5-7-11/h3-7,10H,8-9H2,1-2H3,(H,14,18)(H,16,17). The van der Waals surface area contributed by atoms with Crippen LogP contribution in [0, 0.1) is 0 Å². The third-order valence-electron chi connectivity index (χ3n) is 2.64. The van der Waals surface area contributed by atoms with Gasteiger partial charge in [-0.1, -0.05) is 30.3 Å². The topological polar surface area (TPSA) is 69.6 Å². The number of benzene rings is 1. The highest BCUT2D eigenvalue weighted by Gasteiger charge is 2.16. The van der Waals surface area contributed by atoms with Gasteiger partial charge in [0.2, 0.25) is 0 Å². The predicted octanol–water partition coefficient (Wildman–Crippen LogP) is 1.34. The SMILES string of the molecule is CC(NC(=O)N(C)CCc1ccccc1)C(=O)O. The number of hydrogen-bond acceptors (Lipinski definition) is 2. The molecule has 0 bridgehead atoms. The van der Waals surface area contributed by atoms with Crippen LogP contribution in [0.4, 0.5) is 4.79 Å². The van der Waals surface area contributed by atoms with Crippen molar-refractivity contribution in [2.75, 3.05) is 13.6 Å². The summed E-state index contributed by atoms with van der Waals surface area (Å²) in [6, 6.07) is 8.56. The van der Waals surface area contributed by atoms with Crippen molar-refractivity contribution >= 4 is 12.0 Å². The van der Waals surface area contributed by atoms with Crippen LogP contribution in [0.1, 0.15) is 12.5 Å². The number of carboxylic acids is 1. The van der Waals surface area contributed by atoms with Crippen molar-refractivity contribution in [2.45, 2.75) is 19.4 Å².